The minimum atomic E-state index is -0.397. The van der Waals surface area contributed by atoms with Crippen LogP contribution in [-0.2, 0) is 0 Å². The van der Waals surface area contributed by atoms with E-state index in [9.17, 15) is 10.1 Å². The van der Waals surface area contributed by atoms with Gasteiger partial charge in [0.15, 0.2) is 0 Å². The highest BCUT2D eigenvalue weighted by Gasteiger charge is 2.32. The predicted octanol–water partition coefficient (Wildman–Crippen LogP) is 6.14. The van der Waals surface area contributed by atoms with Crippen molar-refractivity contribution in [3.05, 3.63) is 98.0 Å². The molecule has 1 unspecified atom stereocenters. The molecule has 0 spiro atoms. The molecule has 5 rings (SSSR count). The van der Waals surface area contributed by atoms with Crippen LogP contribution in [0.2, 0.25) is 0 Å². The summed E-state index contributed by atoms with van der Waals surface area (Å²) in [5.41, 5.74) is 3.96. The first-order chi connectivity index (χ1) is 14.7. The predicted molar refractivity (Wildman–Crippen MR) is 121 cm³/mol. The number of nitro groups is 1. The van der Waals surface area contributed by atoms with E-state index < -0.39 is 4.92 Å². The average molecular weight is 433 g/mol. The molecule has 0 fully saturated rings. The molecule has 2 aromatic heterocycles. The summed E-state index contributed by atoms with van der Waals surface area (Å²) < 4.78 is 0. The highest BCUT2D eigenvalue weighted by Crippen LogP contribution is 2.39. The summed E-state index contributed by atoms with van der Waals surface area (Å²) in [5, 5.41) is 22.7. The molecule has 0 aliphatic carbocycles. The Morgan fingerprint density at radius 3 is 2.50 bits per heavy atom. The summed E-state index contributed by atoms with van der Waals surface area (Å²) in [6, 6.07) is 21.0. The second-order valence-electron chi connectivity index (χ2n) is 6.82. The van der Waals surface area contributed by atoms with Crippen molar-refractivity contribution in [2.24, 2.45) is 5.10 Å². The van der Waals surface area contributed by atoms with Crippen molar-refractivity contribution in [2.45, 2.75) is 12.5 Å². The van der Waals surface area contributed by atoms with Gasteiger partial charge in [-0.05, 0) is 29.1 Å². The minimum Gasteiger partial charge on any atom is -0.258 e. The number of hydrogen-bond acceptors (Lipinski definition) is 7. The Balaban J connectivity index is 1.49. The van der Waals surface area contributed by atoms with Crippen LogP contribution < -0.4 is 5.01 Å². The maximum atomic E-state index is 10.9. The fourth-order valence-corrected chi connectivity index (χ4v) is 5.02. The van der Waals surface area contributed by atoms with Crippen LogP contribution in [-0.4, -0.2) is 15.6 Å². The van der Waals surface area contributed by atoms with Gasteiger partial charge >= 0.3 is 0 Å². The van der Waals surface area contributed by atoms with Gasteiger partial charge in [-0.3, -0.25) is 10.1 Å². The molecule has 148 valence electrons. The van der Waals surface area contributed by atoms with Gasteiger partial charge in [0.05, 0.1) is 27.2 Å². The smallest absolute Gasteiger partial charge is 0.258 e. The number of hydrazone groups is 1. The van der Waals surface area contributed by atoms with Gasteiger partial charge in [-0.1, -0.05) is 36.4 Å². The van der Waals surface area contributed by atoms with Crippen LogP contribution in [0.15, 0.2) is 82.6 Å². The first kappa shape index (κ1) is 18.7. The van der Waals surface area contributed by atoms with E-state index in [1.165, 1.54) is 33.9 Å². The molecule has 2 aromatic carbocycles. The number of thiazole rings is 1. The number of non-ortho nitro benzene ring substituents is 1. The lowest BCUT2D eigenvalue weighted by Gasteiger charge is -2.21. The summed E-state index contributed by atoms with van der Waals surface area (Å²) >= 11 is 3.22. The zero-order chi connectivity index (χ0) is 20.5. The van der Waals surface area contributed by atoms with Crippen LogP contribution in [0.5, 0.6) is 0 Å². The number of nitro benzene ring substituents is 1. The fraction of sp³-hybridized carbons (Fsp3) is 0.0909. The monoisotopic (exact) mass is 432 g/mol. The van der Waals surface area contributed by atoms with Crippen molar-refractivity contribution in [1.29, 1.82) is 0 Å². The molecule has 0 saturated carbocycles. The Morgan fingerprint density at radius 2 is 1.80 bits per heavy atom. The van der Waals surface area contributed by atoms with E-state index in [-0.39, 0.29) is 11.7 Å². The van der Waals surface area contributed by atoms with Gasteiger partial charge in [-0.15, -0.1) is 22.7 Å². The van der Waals surface area contributed by atoms with Gasteiger partial charge in [-0.2, -0.15) is 5.10 Å². The van der Waals surface area contributed by atoms with Crippen LogP contribution in [0.3, 0.4) is 0 Å². The number of nitrogens with zero attached hydrogens (tertiary/aromatic N) is 4. The Morgan fingerprint density at radius 1 is 1.00 bits per heavy atom. The van der Waals surface area contributed by atoms with Gasteiger partial charge in [0.1, 0.15) is 0 Å². The molecule has 4 aromatic rings. The van der Waals surface area contributed by atoms with E-state index in [4.69, 9.17) is 10.1 Å². The largest absolute Gasteiger partial charge is 0.269 e. The van der Waals surface area contributed by atoms with E-state index in [1.807, 2.05) is 34.7 Å². The Hall–Kier alpha value is -3.36. The molecule has 0 saturated heterocycles. The number of benzene rings is 2. The van der Waals surface area contributed by atoms with E-state index in [1.54, 1.807) is 23.5 Å². The van der Waals surface area contributed by atoms with Crippen molar-refractivity contribution in [3.8, 4) is 11.3 Å². The molecule has 1 aliphatic heterocycles. The van der Waals surface area contributed by atoms with Crippen molar-refractivity contribution >= 4 is 39.2 Å². The van der Waals surface area contributed by atoms with Gasteiger partial charge < -0.3 is 0 Å². The molecular formula is C22H16N4O2S2. The molecule has 1 atom stereocenters. The van der Waals surface area contributed by atoms with Gasteiger partial charge in [-0.25, -0.2) is 9.99 Å². The number of hydrogen-bond donors (Lipinski definition) is 0. The second kappa shape index (κ2) is 7.81. The van der Waals surface area contributed by atoms with Crippen LogP contribution in [0, 0.1) is 10.1 Å². The normalized spacial score (nSPS) is 15.9. The molecule has 8 heteroatoms. The Labute approximate surface area is 180 Å². The van der Waals surface area contributed by atoms with Crippen molar-refractivity contribution in [3.63, 3.8) is 0 Å². The lowest BCUT2D eigenvalue weighted by Crippen LogP contribution is -2.18. The molecular weight excluding hydrogens is 416 g/mol. The summed E-state index contributed by atoms with van der Waals surface area (Å²) in [7, 11) is 0. The Bertz CT molecular complexity index is 1200. The first-order valence-corrected chi connectivity index (χ1v) is 11.1. The fourth-order valence-electron chi connectivity index (χ4n) is 3.47. The zero-order valence-corrected chi connectivity index (χ0v) is 17.3. The third kappa shape index (κ3) is 3.51. The van der Waals surface area contributed by atoms with Gasteiger partial charge in [0, 0.05) is 29.5 Å². The van der Waals surface area contributed by atoms with Crippen LogP contribution >= 0.6 is 22.7 Å². The SMILES string of the molecule is O=[N+]([O-])c1ccc(-c2csc(N3N=C(c4cccs4)CC3c3ccccc3)n2)cc1. The number of thiophene rings is 1. The molecule has 0 bridgehead atoms. The molecule has 0 radical (unpaired) electrons. The first-order valence-electron chi connectivity index (χ1n) is 9.35. The summed E-state index contributed by atoms with van der Waals surface area (Å²) in [6.07, 6.45) is 0.816. The standard InChI is InChI=1S/C22H16N4O2S2/c27-26(28)17-10-8-15(9-11-17)19-14-30-22(23-19)25-20(16-5-2-1-3-6-16)13-18(24-25)21-7-4-12-29-21/h1-12,14,20H,13H2. The highest BCUT2D eigenvalue weighted by atomic mass is 32.1. The Kier molecular flexibility index (Phi) is 4.86. The third-order valence-electron chi connectivity index (χ3n) is 4.96. The zero-order valence-electron chi connectivity index (χ0n) is 15.7. The van der Waals surface area contributed by atoms with E-state index in [0.717, 1.165) is 28.5 Å². The number of anilines is 1. The number of aromatic nitrogens is 1. The van der Waals surface area contributed by atoms with Crippen LogP contribution in [0.1, 0.15) is 22.9 Å². The summed E-state index contributed by atoms with van der Waals surface area (Å²) in [4.78, 5) is 16.5. The summed E-state index contributed by atoms with van der Waals surface area (Å²) in [5.74, 6) is 0. The molecule has 0 amide bonds. The van der Waals surface area contributed by atoms with Crippen molar-refractivity contribution < 1.29 is 4.92 Å². The van der Waals surface area contributed by atoms with Gasteiger partial charge in [0.2, 0.25) is 5.13 Å². The highest BCUT2D eigenvalue weighted by molar-refractivity contribution is 7.14. The maximum absolute atomic E-state index is 10.9. The second-order valence-corrected chi connectivity index (χ2v) is 8.60. The molecule has 1 aliphatic rings. The quantitative estimate of drug-likeness (QED) is 0.281. The maximum Gasteiger partial charge on any atom is 0.269 e. The third-order valence-corrected chi connectivity index (χ3v) is 6.71. The van der Waals surface area contributed by atoms with Gasteiger partial charge in [0.25, 0.3) is 5.69 Å². The molecule has 0 N–H and O–H groups in total. The molecule has 30 heavy (non-hydrogen) atoms. The molecule has 6 nitrogen and oxygen atoms in total. The average Bonchev–Trinajstić information content (AvgIpc) is 3.54. The number of rotatable bonds is 5. The molecule has 3 heterocycles. The van der Waals surface area contributed by atoms with Crippen LogP contribution in [0.25, 0.3) is 11.3 Å². The van der Waals surface area contributed by atoms with Crippen molar-refractivity contribution in [2.75, 3.05) is 5.01 Å². The lowest BCUT2D eigenvalue weighted by atomic mass is 10.0. The minimum absolute atomic E-state index is 0.0723. The van der Waals surface area contributed by atoms with E-state index in [2.05, 4.69) is 23.6 Å². The summed E-state index contributed by atoms with van der Waals surface area (Å²) in [6.45, 7) is 0. The van der Waals surface area contributed by atoms with E-state index in [0.29, 0.717) is 0 Å². The lowest BCUT2D eigenvalue weighted by molar-refractivity contribution is -0.384. The van der Waals surface area contributed by atoms with Crippen LogP contribution in [0.4, 0.5) is 10.8 Å². The van der Waals surface area contributed by atoms with Crippen molar-refractivity contribution in [1.82, 2.24) is 4.98 Å². The topological polar surface area (TPSA) is 71.6 Å². The van der Waals surface area contributed by atoms with E-state index >= 15 is 0 Å².